The second-order valence-corrected chi connectivity index (χ2v) is 6.50. The van der Waals surface area contributed by atoms with Gasteiger partial charge in [0.15, 0.2) is 18.7 Å². The maximum atomic E-state index is 11.4. The van der Waals surface area contributed by atoms with Crippen LogP contribution in [0.5, 0.6) is 0 Å². The van der Waals surface area contributed by atoms with Crippen LogP contribution >= 0.6 is 0 Å². The molecule has 27 heavy (non-hydrogen) atoms. The van der Waals surface area contributed by atoms with E-state index in [-0.39, 0.29) is 0 Å². The Balaban J connectivity index is 2.22. The molecule has 0 spiro atoms. The molecule has 0 aromatic rings. The summed E-state index contributed by atoms with van der Waals surface area (Å²) in [4.78, 5) is 22.6. The molecule has 12 heteroatoms. The number of nitrogens with one attached hydrogen (secondary N) is 1. The van der Waals surface area contributed by atoms with Gasteiger partial charge in [-0.2, -0.15) is 0 Å². The first-order valence-electron chi connectivity index (χ1n) is 8.29. The highest BCUT2D eigenvalue weighted by Gasteiger charge is 2.52. The molecule has 2 saturated heterocycles. The zero-order valence-electron chi connectivity index (χ0n) is 15.0. The van der Waals surface area contributed by atoms with Gasteiger partial charge in [-0.25, -0.2) is 4.79 Å². The van der Waals surface area contributed by atoms with Crippen LogP contribution in [-0.4, -0.2) is 106 Å². The Morgan fingerprint density at radius 2 is 1.59 bits per heavy atom. The molecule has 2 rings (SSSR count). The van der Waals surface area contributed by atoms with Crippen LogP contribution in [0.3, 0.4) is 0 Å². The fourth-order valence-corrected chi connectivity index (χ4v) is 3.06. The molecule has 6 N–H and O–H groups in total. The Morgan fingerprint density at radius 3 is 2.11 bits per heavy atom. The Kier molecular flexibility index (Phi) is 7.10. The summed E-state index contributed by atoms with van der Waals surface area (Å²) >= 11 is 0. The molecule has 10 atom stereocenters. The molecule has 0 aromatic carbocycles. The van der Waals surface area contributed by atoms with Gasteiger partial charge in [-0.15, -0.1) is 0 Å². The summed E-state index contributed by atoms with van der Waals surface area (Å²) in [6.45, 7) is 2.65. The van der Waals surface area contributed by atoms with E-state index in [4.69, 9.17) is 24.1 Å². The van der Waals surface area contributed by atoms with Crippen molar-refractivity contribution in [1.29, 1.82) is 0 Å². The summed E-state index contributed by atoms with van der Waals surface area (Å²) in [6.07, 6.45) is -13.1. The predicted octanol–water partition coefficient (Wildman–Crippen LogP) is -3.48. The molecule has 1 amide bonds. The number of ether oxygens (including phenoxy) is 4. The third-order valence-electron chi connectivity index (χ3n) is 4.52. The molecule has 6 unspecified atom stereocenters. The number of carboxylic acid groups (broad SMARTS) is 1. The van der Waals surface area contributed by atoms with Gasteiger partial charge in [-0.05, 0) is 6.92 Å². The number of carboxylic acids is 1. The molecule has 2 aliphatic rings. The second-order valence-electron chi connectivity index (χ2n) is 6.50. The lowest BCUT2D eigenvalue weighted by Crippen LogP contribution is -2.67. The van der Waals surface area contributed by atoms with Gasteiger partial charge in [0, 0.05) is 14.0 Å². The largest absolute Gasteiger partial charge is 0.479 e. The fourth-order valence-electron chi connectivity index (χ4n) is 3.06. The third-order valence-corrected chi connectivity index (χ3v) is 4.52. The number of hydrogen-bond donors (Lipinski definition) is 6. The van der Waals surface area contributed by atoms with Crippen LogP contribution in [0, 0.1) is 0 Å². The van der Waals surface area contributed by atoms with E-state index >= 15 is 0 Å². The summed E-state index contributed by atoms with van der Waals surface area (Å²) in [5.41, 5.74) is 0. The van der Waals surface area contributed by atoms with E-state index in [0.29, 0.717) is 0 Å². The Labute approximate surface area is 154 Å². The highest BCUT2D eigenvalue weighted by Crippen LogP contribution is 2.29. The van der Waals surface area contributed by atoms with Crippen LogP contribution < -0.4 is 5.32 Å². The fraction of sp³-hybridized carbons (Fsp3) is 0.867. The number of carbonyl (C=O) groups excluding carboxylic acids is 1. The quantitative estimate of drug-likeness (QED) is 0.272. The van der Waals surface area contributed by atoms with Crippen LogP contribution in [0.2, 0.25) is 0 Å². The topological polar surface area (TPSA) is 184 Å². The highest BCUT2D eigenvalue weighted by atomic mass is 16.7. The van der Waals surface area contributed by atoms with E-state index in [9.17, 15) is 30.0 Å². The lowest BCUT2D eigenvalue weighted by atomic mass is 9.96. The van der Waals surface area contributed by atoms with Crippen LogP contribution in [0.1, 0.15) is 13.8 Å². The number of hydrogen-bond acceptors (Lipinski definition) is 10. The van der Waals surface area contributed by atoms with Gasteiger partial charge in [0.2, 0.25) is 5.91 Å². The molecule has 0 aliphatic carbocycles. The first kappa shape index (κ1) is 21.9. The number of aliphatic hydroxyl groups is 4. The van der Waals surface area contributed by atoms with Crippen molar-refractivity contribution in [2.75, 3.05) is 7.11 Å². The maximum absolute atomic E-state index is 11.4. The average molecular weight is 395 g/mol. The van der Waals surface area contributed by atoms with E-state index in [0.717, 1.165) is 0 Å². The van der Waals surface area contributed by atoms with Gasteiger partial charge < -0.3 is 49.8 Å². The molecule has 0 aromatic heterocycles. The molecule has 12 nitrogen and oxygen atoms in total. The van der Waals surface area contributed by atoms with E-state index in [2.05, 4.69) is 5.32 Å². The first-order valence-corrected chi connectivity index (χ1v) is 8.29. The Hall–Kier alpha value is -1.38. The molecular formula is C15H25NO11. The van der Waals surface area contributed by atoms with Gasteiger partial charge in [0.1, 0.15) is 36.6 Å². The molecule has 0 radical (unpaired) electrons. The van der Waals surface area contributed by atoms with Crippen molar-refractivity contribution in [3.63, 3.8) is 0 Å². The molecular weight excluding hydrogens is 370 g/mol. The van der Waals surface area contributed by atoms with Crippen molar-refractivity contribution in [3.05, 3.63) is 0 Å². The van der Waals surface area contributed by atoms with E-state index in [1.807, 2.05) is 0 Å². The van der Waals surface area contributed by atoms with Gasteiger partial charge >= 0.3 is 5.97 Å². The number of rotatable bonds is 5. The minimum atomic E-state index is -1.82. The molecule has 2 heterocycles. The molecule has 2 fully saturated rings. The number of carbonyl (C=O) groups is 2. The molecule has 0 saturated carbocycles. The third kappa shape index (κ3) is 4.55. The van der Waals surface area contributed by atoms with Crippen molar-refractivity contribution < 1.29 is 54.1 Å². The normalized spacial score (nSPS) is 45.3. The predicted molar refractivity (Wildman–Crippen MR) is 84.1 cm³/mol. The Morgan fingerprint density at radius 1 is 0.963 bits per heavy atom. The van der Waals surface area contributed by atoms with Crippen LogP contribution in [0.4, 0.5) is 0 Å². The van der Waals surface area contributed by atoms with Crippen molar-refractivity contribution in [2.45, 2.75) is 75.2 Å². The van der Waals surface area contributed by atoms with Crippen molar-refractivity contribution in [1.82, 2.24) is 5.32 Å². The zero-order chi connectivity index (χ0) is 20.5. The summed E-state index contributed by atoms with van der Waals surface area (Å²) in [5, 5.41) is 51.9. The number of amides is 1. The summed E-state index contributed by atoms with van der Waals surface area (Å²) in [7, 11) is 1.18. The van der Waals surface area contributed by atoms with Gasteiger partial charge in [-0.1, -0.05) is 0 Å². The Bertz CT molecular complexity index is 544. The van der Waals surface area contributed by atoms with Crippen LogP contribution in [0.25, 0.3) is 0 Å². The number of aliphatic hydroxyl groups excluding tert-OH is 4. The summed E-state index contributed by atoms with van der Waals surface area (Å²) < 4.78 is 21.2. The van der Waals surface area contributed by atoms with Crippen LogP contribution in [0.15, 0.2) is 0 Å². The standard InChI is InChI=1S/C15H25NO11/c1-4-7(18)8(19)6(16-5(2)17)14(25-4)27-12-10(21)9(20)11(13(22)23)26-15(12)24-3/h4,6-12,14-15,18-21H,1-3H3,(H,16,17)(H,22,23)/t4-,6?,7?,8?,9-,10?,11?,12?,14-,15+/m0/s1. The smallest absolute Gasteiger partial charge is 0.335 e. The average Bonchev–Trinajstić information content (AvgIpc) is 2.60. The lowest BCUT2D eigenvalue weighted by molar-refractivity contribution is -0.344. The second kappa shape index (κ2) is 8.75. The lowest BCUT2D eigenvalue weighted by Gasteiger charge is -2.46. The molecule has 0 bridgehead atoms. The summed E-state index contributed by atoms with van der Waals surface area (Å²) in [5.74, 6) is -2.04. The SMILES string of the molecule is CO[C@@H]1OC(C(=O)O)[C@@H](O)C(O)C1O[C@@H]1O[C@@H](C)C(O)C(O)C1NC(C)=O. The van der Waals surface area contributed by atoms with Crippen molar-refractivity contribution in [2.24, 2.45) is 0 Å². The first-order chi connectivity index (χ1) is 12.6. The van der Waals surface area contributed by atoms with Crippen LogP contribution in [-0.2, 0) is 28.5 Å². The molecule has 2 aliphatic heterocycles. The minimum Gasteiger partial charge on any atom is -0.479 e. The monoisotopic (exact) mass is 395 g/mol. The molecule has 156 valence electrons. The van der Waals surface area contributed by atoms with E-state index in [1.54, 1.807) is 0 Å². The van der Waals surface area contributed by atoms with Crippen molar-refractivity contribution in [3.8, 4) is 0 Å². The van der Waals surface area contributed by atoms with Gasteiger partial charge in [-0.3, -0.25) is 4.79 Å². The minimum absolute atomic E-state index is 0.535. The summed E-state index contributed by atoms with van der Waals surface area (Å²) in [6, 6.07) is -1.20. The van der Waals surface area contributed by atoms with Gasteiger partial charge in [0.25, 0.3) is 0 Å². The van der Waals surface area contributed by atoms with E-state index in [1.165, 1.54) is 21.0 Å². The highest BCUT2D eigenvalue weighted by molar-refractivity contribution is 5.73. The van der Waals surface area contributed by atoms with Gasteiger partial charge in [0.05, 0.1) is 6.10 Å². The number of aliphatic carboxylic acids is 1. The van der Waals surface area contributed by atoms with Crippen molar-refractivity contribution >= 4 is 11.9 Å². The van der Waals surface area contributed by atoms with E-state index < -0.39 is 73.2 Å². The maximum Gasteiger partial charge on any atom is 0.335 e. The number of methoxy groups -OCH3 is 1. The zero-order valence-corrected chi connectivity index (χ0v) is 15.0.